The molecule has 1 heterocycles. The van der Waals surface area contributed by atoms with Gasteiger partial charge >= 0.3 is 0 Å². The number of carbonyl (C=O) groups is 1. The molecular weight excluding hydrogens is 254 g/mol. The van der Waals surface area contributed by atoms with Gasteiger partial charge in [-0.25, -0.2) is 4.98 Å². The minimum Gasteiger partial charge on any atom is -0.481 e. The van der Waals surface area contributed by atoms with Gasteiger partial charge in [0.25, 0.3) is 5.91 Å². The summed E-state index contributed by atoms with van der Waals surface area (Å²) in [5.41, 5.74) is 1.93. The number of nitrogens with one attached hydrogen (secondary N) is 1. The summed E-state index contributed by atoms with van der Waals surface area (Å²) < 4.78 is 4.96. The van der Waals surface area contributed by atoms with Gasteiger partial charge < -0.3 is 10.1 Å². The van der Waals surface area contributed by atoms with Gasteiger partial charge in [-0.3, -0.25) is 4.79 Å². The van der Waals surface area contributed by atoms with Crippen molar-refractivity contribution >= 4 is 5.91 Å². The SMILES string of the molecule is COc1ccc(CNC(=O)c2ccc(C#N)cc2)cn1. The van der Waals surface area contributed by atoms with Gasteiger partial charge in [0.05, 0.1) is 18.7 Å². The minimum absolute atomic E-state index is 0.190. The molecule has 1 aromatic carbocycles. The molecule has 100 valence electrons. The fourth-order valence-electron chi connectivity index (χ4n) is 1.62. The maximum atomic E-state index is 11.9. The Balaban J connectivity index is 1.95. The number of methoxy groups -OCH3 is 1. The number of aromatic nitrogens is 1. The standard InChI is InChI=1S/C15H13N3O2/c1-20-14-7-4-12(9-17-14)10-18-15(19)13-5-2-11(8-16)3-6-13/h2-7,9H,10H2,1H3,(H,18,19). The van der Waals surface area contributed by atoms with E-state index in [1.54, 1.807) is 43.6 Å². The average molecular weight is 267 g/mol. The van der Waals surface area contributed by atoms with Crippen LogP contribution >= 0.6 is 0 Å². The van der Waals surface area contributed by atoms with Crippen molar-refractivity contribution in [1.29, 1.82) is 5.26 Å². The van der Waals surface area contributed by atoms with E-state index in [1.807, 2.05) is 12.1 Å². The Morgan fingerprint density at radius 2 is 2.05 bits per heavy atom. The first kappa shape index (κ1) is 13.6. The van der Waals surface area contributed by atoms with Crippen LogP contribution in [-0.2, 0) is 6.54 Å². The predicted octanol–water partition coefficient (Wildman–Crippen LogP) is 1.89. The lowest BCUT2D eigenvalue weighted by Crippen LogP contribution is -2.22. The molecule has 1 amide bonds. The molecule has 0 radical (unpaired) electrons. The van der Waals surface area contributed by atoms with Crippen LogP contribution in [0.15, 0.2) is 42.6 Å². The molecule has 5 heteroatoms. The smallest absolute Gasteiger partial charge is 0.251 e. The number of hydrogen-bond donors (Lipinski definition) is 1. The van der Waals surface area contributed by atoms with Crippen LogP contribution in [0.3, 0.4) is 0 Å². The zero-order valence-corrected chi connectivity index (χ0v) is 11.0. The Morgan fingerprint density at radius 1 is 1.30 bits per heavy atom. The van der Waals surface area contributed by atoms with Gasteiger partial charge in [0.2, 0.25) is 5.88 Å². The molecule has 0 saturated carbocycles. The Hall–Kier alpha value is -2.87. The second kappa shape index (κ2) is 6.34. The first-order valence-electron chi connectivity index (χ1n) is 6.00. The molecule has 1 N–H and O–H groups in total. The number of carbonyl (C=O) groups excluding carboxylic acids is 1. The van der Waals surface area contributed by atoms with E-state index in [9.17, 15) is 4.79 Å². The van der Waals surface area contributed by atoms with Crippen LogP contribution in [0.2, 0.25) is 0 Å². The molecule has 0 aliphatic rings. The van der Waals surface area contributed by atoms with Crippen LogP contribution in [-0.4, -0.2) is 18.0 Å². The Bertz CT molecular complexity index is 628. The van der Waals surface area contributed by atoms with Crippen LogP contribution in [0.4, 0.5) is 0 Å². The van der Waals surface area contributed by atoms with Crippen molar-refractivity contribution in [2.45, 2.75) is 6.54 Å². The van der Waals surface area contributed by atoms with Crippen molar-refractivity contribution in [2.75, 3.05) is 7.11 Å². The summed E-state index contributed by atoms with van der Waals surface area (Å²) in [6.45, 7) is 0.385. The third kappa shape index (κ3) is 3.33. The molecule has 0 saturated heterocycles. The van der Waals surface area contributed by atoms with Gasteiger partial charge in [-0.1, -0.05) is 6.07 Å². The van der Waals surface area contributed by atoms with Gasteiger partial charge in [-0.05, 0) is 29.8 Å². The molecular formula is C15H13N3O2. The third-order valence-electron chi connectivity index (χ3n) is 2.74. The van der Waals surface area contributed by atoms with Crippen molar-refractivity contribution in [2.24, 2.45) is 0 Å². The van der Waals surface area contributed by atoms with Gasteiger partial charge in [0.1, 0.15) is 0 Å². The molecule has 1 aromatic heterocycles. The quantitative estimate of drug-likeness (QED) is 0.917. The van der Waals surface area contributed by atoms with E-state index >= 15 is 0 Å². The summed E-state index contributed by atoms with van der Waals surface area (Å²) >= 11 is 0. The number of nitrogens with zero attached hydrogens (tertiary/aromatic N) is 2. The van der Waals surface area contributed by atoms with Crippen molar-refractivity contribution in [3.8, 4) is 11.9 Å². The molecule has 2 aromatic rings. The summed E-state index contributed by atoms with van der Waals surface area (Å²) in [5.74, 6) is 0.345. The van der Waals surface area contributed by atoms with E-state index in [2.05, 4.69) is 10.3 Å². The van der Waals surface area contributed by atoms with Crippen molar-refractivity contribution in [1.82, 2.24) is 10.3 Å². The normalized spacial score (nSPS) is 9.60. The molecule has 20 heavy (non-hydrogen) atoms. The minimum atomic E-state index is -0.190. The van der Waals surface area contributed by atoms with Gasteiger partial charge in [0, 0.05) is 24.4 Å². The second-order valence-electron chi connectivity index (χ2n) is 4.08. The molecule has 0 spiro atoms. The van der Waals surface area contributed by atoms with Crippen LogP contribution < -0.4 is 10.1 Å². The molecule has 0 fully saturated rings. The first-order valence-corrected chi connectivity index (χ1v) is 6.00. The summed E-state index contributed by atoms with van der Waals surface area (Å²) in [6.07, 6.45) is 1.65. The van der Waals surface area contributed by atoms with Gasteiger partial charge in [-0.15, -0.1) is 0 Å². The highest BCUT2D eigenvalue weighted by Crippen LogP contribution is 2.07. The van der Waals surface area contributed by atoms with Crippen molar-refractivity contribution < 1.29 is 9.53 Å². The maximum absolute atomic E-state index is 11.9. The van der Waals surface area contributed by atoms with Gasteiger partial charge in [-0.2, -0.15) is 5.26 Å². The molecule has 0 unspecified atom stereocenters. The second-order valence-corrected chi connectivity index (χ2v) is 4.08. The van der Waals surface area contributed by atoms with Crippen LogP contribution in [0.5, 0.6) is 5.88 Å². The topological polar surface area (TPSA) is 75.0 Å². The highest BCUT2D eigenvalue weighted by molar-refractivity contribution is 5.94. The fourth-order valence-corrected chi connectivity index (χ4v) is 1.62. The molecule has 2 rings (SSSR count). The lowest BCUT2D eigenvalue weighted by atomic mass is 10.1. The highest BCUT2D eigenvalue weighted by Gasteiger charge is 2.05. The number of ether oxygens (including phenoxy) is 1. The molecule has 0 atom stereocenters. The summed E-state index contributed by atoms with van der Waals surface area (Å²) in [5, 5.41) is 11.5. The third-order valence-corrected chi connectivity index (χ3v) is 2.74. The zero-order valence-electron chi connectivity index (χ0n) is 11.0. The number of nitriles is 1. The number of benzene rings is 1. The average Bonchev–Trinajstić information content (AvgIpc) is 2.53. The van der Waals surface area contributed by atoms with Gasteiger partial charge in [0.15, 0.2) is 0 Å². The van der Waals surface area contributed by atoms with E-state index < -0.39 is 0 Å². The maximum Gasteiger partial charge on any atom is 0.251 e. The Labute approximate surface area is 116 Å². The zero-order chi connectivity index (χ0) is 14.4. The Morgan fingerprint density at radius 3 is 2.60 bits per heavy atom. The fraction of sp³-hybridized carbons (Fsp3) is 0.133. The van der Waals surface area contributed by atoms with Crippen molar-refractivity contribution in [3.63, 3.8) is 0 Å². The largest absolute Gasteiger partial charge is 0.481 e. The van der Waals surface area contributed by atoms with Crippen LogP contribution in [0, 0.1) is 11.3 Å². The van der Waals surface area contributed by atoms with E-state index in [0.29, 0.717) is 23.6 Å². The molecule has 0 bridgehead atoms. The van der Waals surface area contributed by atoms with E-state index in [-0.39, 0.29) is 5.91 Å². The number of pyridine rings is 1. The highest BCUT2D eigenvalue weighted by atomic mass is 16.5. The molecule has 0 aliphatic heterocycles. The summed E-state index contributed by atoms with van der Waals surface area (Å²) in [7, 11) is 1.55. The van der Waals surface area contributed by atoms with E-state index in [4.69, 9.17) is 10.00 Å². The van der Waals surface area contributed by atoms with E-state index in [0.717, 1.165) is 5.56 Å². The summed E-state index contributed by atoms with van der Waals surface area (Å²) in [4.78, 5) is 16.0. The number of amides is 1. The van der Waals surface area contributed by atoms with Crippen LogP contribution in [0.25, 0.3) is 0 Å². The first-order chi connectivity index (χ1) is 9.72. The Kier molecular flexibility index (Phi) is 4.30. The van der Waals surface area contributed by atoms with E-state index in [1.165, 1.54) is 0 Å². The monoisotopic (exact) mass is 267 g/mol. The molecule has 0 aliphatic carbocycles. The molecule has 5 nitrogen and oxygen atoms in total. The number of hydrogen-bond acceptors (Lipinski definition) is 4. The van der Waals surface area contributed by atoms with Crippen LogP contribution in [0.1, 0.15) is 21.5 Å². The summed E-state index contributed by atoms with van der Waals surface area (Å²) in [6, 6.07) is 12.1. The number of rotatable bonds is 4. The van der Waals surface area contributed by atoms with Crippen molar-refractivity contribution in [3.05, 3.63) is 59.3 Å². The lowest BCUT2D eigenvalue weighted by molar-refractivity contribution is 0.0951. The predicted molar refractivity (Wildman–Crippen MR) is 73.1 cm³/mol. The lowest BCUT2D eigenvalue weighted by Gasteiger charge is -2.06.